The van der Waals surface area contributed by atoms with Gasteiger partial charge in [0.1, 0.15) is 0 Å². The molecule has 1 atom stereocenters. The van der Waals surface area contributed by atoms with E-state index in [-0.39, 0.29) is 6.61 Å². The quantitative estimate of drug-likeness (QED) is 0.339. The number of thiol groups is 1. The minimum Gasteiger partial charge on any atom is -0.390 e. The molecule has 0 aromatic rings. The summed E-state index contributed by atoms with van der Waals surface area (Å²) >= 11 is 3.76. The van der Waals surface area contributed by atoms with E-state index >= 15 is 0 Å². The summed E-state index contributed by atoms with van der Waals surface area (Å²) in [7, 11) is 0. The largest absolute Gasteiger partial charge is 0.390 e. The van der Waals surface area contributed by atoms with Crippen LogP contribution in [0.1, 0.15) is 0 Å². The van der Waals surface area contributed by atoms with Gasteiger partial charge in [-0.25, -0.2) is 5.90 Å². The molecule has 0 fully saturated rings. The molecule has 0 aromatic heterocycles. The minimum atomic E-state index is -0.534. The van der Waals surface area contributed by atoms with Gasteiger partial charge in [-0.2, -0.15) is 12.6 Å². The van der Waals surface area contributed by atoms with Crippen molar-refractivity contribution in [1.29, 1.82) is 0 Å². The van der Waals surface area contributed by atoms with Crippen LogP contribution in [0, 0.1) is 0 Å². The van der Waals surface area contributed by atoms with Crippen molar-refractivity contribution in [3.05, 3.63) is 0 Å². The van der Waals surface area contributed by atoms with Crippen molar-refractivity contribution in [3.63, 3.8) is 0 Å². The van der Waals surface area contributed by atoms with Gasteiger partial charge in [-0.3, -0.25) is 0 Å². The van der Waals surface area contributed by atoms with Crippen LogP contribution in [0.25, 0.3) is 0 Å². The second kappa shape index (κ2) is 4.39. The Balaban J connectivity index is 2.83. The van der Waals surface area contributed by atoms with Gasteiger partial charge in [0.05, 0.1) is 12.7 Å². The summed E-state index contributed by atoms with van der Waals surface area (Å²) in [6.07, 6.45) is -0.534. The molecule has 3 N–H and O–H groups in total. The molecule has 0 heterocycles. The Bertz CT molecular complexity index is 43.9. The first-order valence-corrected chi connectivity index (χ1v) is 2.55. The van der Waals surface area contributed by atoms with Crippen LogP contribution in [0.3, 0.4) is 0 Å². The summed E-state index contributed by atoms with van der Waals surface area (Å²) in [5.74, 6) is 5.00. The Labute approximate surface area is 47.8 Å². The number of aliphatic hydroxyl groups is 1. The first kappa shape index (κ1) is 7.23. The molecule has 0 radical (unpaired) electrons. The van der Waals surface area contributed by atoms with E-state index in [0.717, 1.165) is 0 Å². The predicted molar refractivity (Wildman–Crippen MR) is 30.0 cm³/mol. The average Bonchev–Trinajstić information content (AvgIpc) is 1.68. The van der Waals surface area contributed by atoms with Gasteiger partial charge in [0.25, 0.3) is 0 Å². The summed E-state index contributed by atoms with van der Waals surface area (Å²) < 4.78 is 0. The van der Waals surface area contributed by atoms with Gasteiger partial charge in [0.15, 0.2) is 0 Å². The number of aliphatic hydroxyl groups excluding tert-OH is 1. The summed E-state index contributed by atoms with van der Waals surface area (Å²) in [5.41, 5.74) is 0. The fraction of sp³-hybridized carbons (Fsp3) is 1.00. The maximum atomic E-state index is 8.58. The summed E-state index contributed by atoms with van der Waals surface area (Å²) in [6, 6.07) is 0. The fourth-order valence-electron chi connectivity index (χ4n) is 0.164. The van der Waals surface area contributed by atoms with Gasteiger partial charge in [0.2, 0.25) is 0 Å². The van der Waals surface area contributed by atoms with Crippen LogP contribution in [0.5, 0.6) is 0 Å². The molecule has 0 bridgehead atoms. The highest BCUT2D eigenvalue weighted by Crippen LogP contribution is 1.83. The van der Waals surface area contributed by atoms with Crippen molar-refractivity contribution in [2.75, 3.05) is 12.4 Å². The first-order chi connectivity index (χ1) is 3.31. The fourth-order valence-corrected chi connectivity index (χ4v) is 0.269. The molecular weight excluding hydrogens is 114 g/mol. The van der Waals surface area contributed by atoms with Crippen molar-refractivity contribution in [2.45, 2.75) is 6.10 Å². The van der Waals surface area contributed by atoms with Crippen LogP contribution in [0.4, 0.5) is 0 Å². The smallest absolute Gasteiger partial charge is 0.0946 e. The Morgan fingerprint density at radius 1 is 1.86 bits per heavy atom. The third kappa shape index (κ3) is 4.08. The van der Waals surface area contributed by atoms with Gasteiger partial charge in [-0.1, -0.05) is 0 Å². The van der Waals surface area contributed by atoms with Gasteiger partial charge < -0.3 is 9.94 Å². The number of hydrogen-bond donors (Lipinski definition) is 3. The highest BCUT2D eigenvalue weighted by atomic mass is 32.1. The maximum Gasteiger partial charge on any atom is 0.0946 e. The van der Waals surface area contributed by atoms with Crippen LogP contribution in [0.2, 0.25) is 0 Å². The van der Waals surface area contributed by atoms with E-state index in [2.05, 4.69) is 23.4 Å². The standard InChI is InChI=1S/C3H9NO2S/c4-6-1-3(5)2-7/h3,5,7H,1-2,4H2. The highest BCUT2D eigenvalue weighted by Gasteiger charge is 1.96. The molecular formula is C3H9NO2S. The normalized spacial score (nSPS) is 14.1. The van der Waals surface area contributed by atoms with Gasteiger partial charge in [0, 0.05) is 5.75 Å². The zero-order valence-electron chi connectivity index (χ0n) is 3.87. The van der Waals surface area contributed by atoms with E-state index in [0.29, 0.717) is 5.75 Å². The highest BCUT2D eigenvalue weighted by molar-refractivity contribution is 7.80. The van der Waals surface area contributed by atoms with Crippen LogP contribution >= 0.6 is 12.6 Å². The Morgan fingerprint density at radius 2 is 2.43 bits per heavy atom. The van der Waals surface area contributed by atoms with Crippen molar-refractivity contribution in [1.82, 2.24) is 0 Å². The second-order valence-electron chi connectivity index (χ2n) is 1.17. The average molecular weight is 123 g/mol. The molecule has 0 saturated carbocycles. The zero-order chi connectivity index (χ0) is 5.70. The summed E-state index contributed by atoms with van der Waals surface area (Å²) in [5, 5.41) is 8.58. The van der Waals surface area contributed by atoms with Gasteiger partial charge >= 0.3 is 0 Å². The third-order valence-corrected chi connectivity index (χ3v) is 0.921. The molecule has 0 spiro atoms. The lowest BCUT2D eigenvalue weighted by atomic mass is 10.4. The molecule has 0 aliphatic rings. The monoisotopic (exact) mass is 123 g/mol. The molecule has 44 valence electrons. The number of rotatable bonds is 3. The van der Waals surface area contributed by atoms with E-state index in [1.165, 1.54) is 0 Å². The van der Waals surface area contributed by atoms with Crippen LogP contribution in [-0.2, 0) is 4.84 Å². The zero-order valence-corrected chi connectivity index (χ0v) is 4.77. The summed E-state index contributed by atoms with van der Waals surface area (Å²) in [4.78, 5) is 4.10. The topological polar surface area (TPSA) is 55.5 Å². The molecule has 0 saturated heterocycles. The Kier molecular flexibility index (Phi) is 4.53. The molecule has 0 aliphatic heterocycles. The number of hydrogen-bond acceptors (Lipinski definition) is 4. The van der Waals surface area contributed by atoms with Crippen LogP contribution < -0.4 is 5.90 Å². The van der Waals surface area contributed by atoms with E-state index < -0.39 is 6.10 Å². The lowest BCUT2D eigenvalue weighted by molar-refractivity contribution is 0.0489. The van der Waals surface area contributed by atoms with Gasteiger partial charge in [-0.15, -0.1) is 0 Å². The third-order valence-electron chi connectivity index (χ3n) is 0.499. The predicted octanol–water partition coefficient (Wildman–Crippen LogP) is -0.833. The van der Waals surface area contributed by atoms with Crippen molar-refractivity contribution in [3.8, 4) is 0 Å². The second-order valence-corrected chi connectivity index (χ2v) is 1.53. The van der Waals surface area contributed by atoms with Crippen LogP contribution in [-0.4, -0.2) is 23.6 Å². The van der Waals surface area contributed by atoms with Crippen molar-refractivity contribution >= 4 is 12.6 Å². The van der Waals surface area contributed by atoms with E-state index in [1.807, 2.05) is 0 Å². The molecule has 7 heavy (non-hydrogen) atoms. The lowest BCUT2D eigenvalue weighted by Crippen LogP contribution is -2.19. The van der Waals surface area contributed by atoms with Crippen molar-refractivity contribution < 1.29 is 9.94 Å². The molecule has 1 unspecified atom stereocenters. The van der Waals surface area contributed by atoms with Crippen molar-refractivity contribution in [2.24, 2.45) is 5.90 Å². The Morgan fingerprint density at radius 3 is 2.57 bits per heavy atom. The van der Waals surface area contributed by atoms with E-state index in [4.69, 9.17) is 5.11 Å². The van der Waals surface area contributed by atoms with E-state index in [9.17, 15) is 0 Å². The molecule has 0 aromatic carbocycles. The van der Waals surface area contributed by atoms with E-state index in [1.54, 1.807) is 0 Å². The molecule has 0 amide bonds. The Hall–Kier alpha value is 0.230. The first-order valence-electron chi connectivity index (χ1n) is 1.92. The molecule has 0 rings (SSSR count). The van der Waals surface area contributed by atoms with Gasteiger partial charge in [-0.05, 0) is 0 Å². The van der Waals surface area contributed by atoms with Crippen LogP contribution in [0.15, 0.2) is 0 Å². The lowest BCUT2D eigenvalue weighted by Gasteiger charge is -2.01. The summed E-state index contributed by atoms with van der Waals surface area (Å²) in [6.45, 7) is 0.156. The minimum absolute atomic E-state index is 0.156. The molecule has 0 aliphatic carbocycles. The number of nitrogens with two attached hydrogens (primary N) is 1. The molecule has 3 nitrogen and oxygen atoms in total. The SMILES string of the molecule is NOCC(O)CS. The molecule has 4 heteroatoms. The maximum absolute atomic E-state index is 8.58.